The van der Waals surface area contributed by atoms with Crippen LogP contribution in [-0.4, -0.2) is 40.8 Å². The zero-order valence-electron chi connectivity index (χ0n) is 14.4. The molecule has 0 saturated carbocycles. The molecular weight excluding hydrogens is 292 g/mol. The van der Waals surface area contributed by atoms with Crippen LogP contribution in [0.15, 0.2) is 12.4 Å². The van der Waals surface area contributed by atoms with E-state index in [9.17, 15) is 9.59 Å². The molecule has 126 valence electrons. The number of amides is 1. The van der Waals surface area contributed by atoms with Crippen molar-refractivity contribution in [3.63, 3.8) is 0 Å². The Balaban J connectivity index is 1.94. The van der Waals surface area contributed by atoms with Gasteiger partial charge in [-0.05, 0) is 26.7 Å². The summed E-state index contributed by atoms with van der Waals surface area (Å²) in [6.07, 6.45) is 4.81. The van der Waals surface area contributed by atoms with Crippen molar-refractivity contribution in [3.05, 3.63) is 18.0 Å². The van der Waals surface area contributed by atoms with Crippen LogP contribution in [-0.2, 0) is 4.79 Å². The normalized spacial score (nSPS) is 16.0. The number of ketones is 1. The van der Waals surface area contributed by atoms with E-state index in [-0.39, 0.29) is 23.8 Å². The summed E-state index contributed by atoms with van der Waals surface area (Å²) >= 11 is 0. The summed E-state index contributed by atoms with van der Waals surface area (Å²) in [6, 6.07) is 0.0831. The highest BCUT2D eigenvalue weighted by atomic mass is 16.1. The van der Waals surface area contributed by atoms with Crippen LogP contribution in [0.2, 0.25) is 0 Å². The predicted octanol–water partition coefficient (Wildman–Crippen LogP) is 2.06. The maximum atomic E-state index is 12.1. The molecule has 2 rings (SSSR count). The molecule has 0 radical (unpaired) electrons. The molecule has 0 aromatic carbocycles. The molecule has 1 amide bonds. The van der Waals surface area contributed by atoms with E-state index in [1.807, 2.05) is 27.7 Å². The Morgan fingerprint density at radius 3 is 2.17 bits per heavy atom. The maximum Gasteiger partial charge on any atom is 0.254 e. The van der Waals surface area contributed by atoms with Gasteiger partial charge in [0.25, 0.3) is 5.91 Å². The van der Waals surface area contributed by atoms with Crippen molar-refractivity contribution < 1.29 is 9.59 Å². The molecule has 6 heteroatoms. The van der Waals surface area contributed by atoms with Crippen molar-refractivity contribution in [1.29, 1.82) is 0 Å². The van der Waals surface area contributed by atoms with Crippen molar-refractivity contribution in [2.45, 2.75) is 46.6 Å². The molecule has 0 aliphatic carbocycles. The van der Waals surface area contributed by atoms with Crippen LogP contribution in [0.1, 0.15) is 50.9 Å². The van der Waals surface area contributed by atoms with Gasteiger partial charge in [-0.3, -0.25) is 9.59 Å². The average molecular weight is 318 g/mol. The molecule has 0 atom stereocenters. The first kappa shape index (κ1) is 17.4. The van der Waals surface area contributed by atoms with Gasteiger partial charge in [0.2, 0.25) is 5.95 Å². The molecular formula is C17H26N4O2. The number of rotatable bonds is 5. The summed E-state index contributed by atoms with van der Waals surface area (Å²) in [5.74, 6) is 1.07. The van der Waals surface area contributed by atoms with E-state index in [0.29, 0.717) is 17.3 Å². The van der Waals surface area contributed by atoms with Gasteiger partial charge in [-0.2, -0.15) is 0 Å². The maximum absolute atomic E-state index is 12.1. The molecule has 1 fully saturated rings. The minimum atomic E-state index is -0.159. The topological polar surface area (TPSA) is 75.2 Å². The minimum Gasteiger partial charge on any atom is -0.350 e. The summed E-state index contributed by atoms with van der Waals surface area (Å²) in [7, 11) is 0. The molecule has 0 bridgehead atoms. The molecule has 1 aliphatic heterocycles. The van der Waals surface area contributed by atoms with Gasteiger partial charge in [0, 0.05) is 43.4 Å². The number of hydrogen-bond acceptors (Lipinski definition) is 5. The summed E-state index contributed by atoms with van der Waals surface area (Å²) in [4.78, 5) is 34.6. The zero-order chi connectivity index (χ0) is 17.0. The van der Waals surface area contributed by atoms with Gasteiger partial charge in [0.05, 0.1) is 5.56 Å². The van der Waals surface area contributed by atoms with Crippen molar-refractivity contribution in [2.75, 3.05) is 18.0 Å². The molecule has 6 nitrogen and oxygen atoms in total. The first-order chi connectivity index (χ1) is 10.9. The number of nitrogens with one attached hydrogen (secondary N) is 1. The fraction of sp³-hybridized carbons (Fsp3) is 0.647. The predicted molar refractivity (Wildman–Crippen MR) is 89.4 cm³/mol. The van der Waals surface area contributed by atoms with Crippen molar-refractivity contribution in [2.24, 2.45) is 11.8 Å². The van der Waals surface area contributed by atoms with Crippen LogP contribution in [0.5, 0.6) is 0 Å². The lowest BCUT2D eigenvalue weighted by Gasteiger charge is -2.31. The van der Waals surface area contributed by atoms with Crippen molar-refractivity contribution >= 4 is 17.6 Å². The second-order valence-corrected chi connectivity index (χ2v) is 6.72. The fourth-order valence-corrected chi connectivity index (χ4v) is 2.78. The number of carbonyl (C=O) groups is 2. The lowest BCUT2D eigenvalue weighted by Crippen LogP contribution is -2.38. The number of piperidine rings is 1. The van der Waals surface area contributed by atoms with E-state index in [1.165, 1.54) is 0 Å². The second-order valence-electron chi connectivity index (χ2n) is 6.72. The SMILES string of the molecule is CC(C)NC(=O)c1cnc(N2CCC(C(=O)C(C)C)CC2)nc1. The first-order valence-corrected chi connectivity index (χ1v) is 8.30. The van der Waals surface area contributed by atoms with Crippen LogP contribution in [0.4, 0.5) is 5.95 Å². The Labute approximate surface area is 137 Å². The lowest BCUT2D eigenvalue weighted by atomic mass is 9.87. The Kier molecular flexibility index (Phi) is 5.69. The van der Waals surface area contributed by atoms with Crippen LogP contribution in [0, 0.1) is 11.8 Å². The first-order valence-electron chi connectivity index (χ1n) is 8.30. The highest BCUT2D eigenvalue weighted by Gasteiger charge is 2.27. The molecule has 0 spiro atoms. The van der Waals surface area contributed by atoms with Gasteiger partial charge in [-0.15, -0.1) is 0 Å². The third kappa shape index (κ3) is 4.50. The Bertz CT molecular complexity index is 546. The van der Waals surface area contributed by atoms with Crippen molar-refractivity contribution in [3.8, 4) is 0 Å². The highest BCUT2D eigenvalue weighted by molar-refractivity contribution is 5.93. The lowest BCUT2D eigenvalue weighted by molar-refractivity contribution is -0.126. The molecule has 1 N–H and O–H groups in total. The molecule has 0 unspecified atom stereocenters. The van der Waals surface area contributed by atoms with E-state index < -0.39 is 0 Å². The zero-order valence-corrected chi connectivity index (χ0v) is 14.4. The Morgan fingerprint density at radius 1 is 1.13 bits per heavy atom. The molecule has 1 saturated heterocycles. The fourth-order valence-electron chi connectivity index (χ4n) is 2.78. The number of carbonyl (C=O) groups excluding carboxylic acids is 2. The third-order valence-corrected chi connectivity index (χ3v) is 4.07. The Hall–Kier alpha value is -1.98. The molecule has 1 aromatic heterocycles. The van der Waals surface area contributed by atoms with E-state index in [1.54, 1.807) is 12.4 Å². The average Bonchev–Trinajstić information content (AvgIpc) is 2.53. The van der Waals surface area contributed by atoms with Gasteiger partial charge in [0.15, 0.2) is 0 Å². The monoisotopic (exact) mass is 318 g/mol. The van der Waals surface area contributed by atoms with Crippen LogP contribution < -0.4 is 10.2 Å². The molecule has 2 heterocycles. The van der Waals surface area contributed by atoms with E-state index in [4.69, 9.17) is 0 Å². The summed E-state index contributed by atoms with van der Waals surface area (Å²) in [6.45, 7) is 9.30. The summed E-state index contributed by atoms with van der Waals surface area (Å²) in [5.41, 5.74) is 0.465. The van der Waals surface area contributed by atoms with Gasteiger partial charge >= 0.3 is 0 Å². The van der Waals surface area contributed by atoms with Crippen LogP contribution in [0.3, 0.4) is 0 Å². The number of nitrogens with zero attached hydrogens (tertiary/aromatic N) is 3. The van der Waals surface area contributed by atoms with Gasteiger partial charge < -0.3 is 10.2 Å². The number of hydrogen-bond donors (Lipinski definition) is 1. The van der Waals surface area contributed by atoms with Gasteiger partial charge in [0.1, 0.15) is 5.78 Å². The number of anilines is 1. The molecule has 1 aromatic rings. The Morgan fingerprint density at radius 2 is 1.70 bits per heavy atom. The van der Waals surface area contributed by atoms with E-state index in [2.05, 4.69) is 20.2 Å². The summed E-state index contributed by atoms with van der Waals surface area (Å²) in [5, 5.41) is 2.82. The minimum absolute atomic E-state index is 0.0831. The largest absolute Gasteiger partial charge is 0.350 e. The van der Waals surface area contributed by atoms with Crippen molar-refractivity contribution in [1.82, 2.24) is 15.3 Å². The van der Waals surface area contributed by atoms with Crippen LogP contribution in [0.25, 0.3) is 0 Å². The number of aromatic nitrogens is 2. The third-order valence-electron chi connectivity index (χ3n) is 4.07. The second kappa shape index (κ2) is 7.53. The van der Waals surface area contributed by atoms with Gasteiger partial charge in [-0.1, -0.05) is 13.8 Å². The standard InChI is InChI=1S/C17H26N4O2/c1-11(2)15(22)13-5-7-21(8-6-13)17-18-9-14(10-19-17)16(23)20-12(3)4/h9-13H,5-8H2,1-4H3,(H,20,23). The molecule has 1 aliphatic rings. The van der Waals surface area contributed by atoms with E-state index in [0.717, 1.165) is 25.9 Å². The number of Topliss-reactive ketones (excluding diaryl/α,β-unsaturated/α-hetero) is 1. The molecule has 23 heavy (non-hydrogen) atoms. The van der Waals surface area contributed by atoms with Crippen LogP contribution >= 0.6 is 0 Å². The van der Waals surface area contributed by atoms with E-state index >= 15 is 0 Å². The van der Waals surface area contributed by atoms with Gasteiger partial charge in [-0.25, -0.2) is 9.97 Å². The smallest absolute Gasteiger partial charge is 0.254 e. The highest BCUT2D eigenvalue weighted by Crippen LogP contribution is 2.23. The summed E-state index contributed by atoms with van der Waals surface area (Å²) < 4.78 is 0. The quantitative estimate of drug-likeness (QED) is 0.899.